The molecule has 2 atom stereocenters. The van der Waals surface area contributed by atoms with Gasteiger partial charge in [0.2, 0.25) is 5.71 Å². The Kier molecular flexibility index (Phi) is 5.06. The first kappa shape index (κ1) is 23.4. The zero-order valence-electron chi connectivity index (χ0n) is 22.9. The van der Waals surface area contributed by atoms with Crippen LogP contribution >= 0.6 is 0 Å². The molecule has 2 heterocycles. The van der Waals surface area contributed by atoms with Crippen molar-refractivity contribution < 1.29 is 4.42 Å². The Morgan fingerprint density at radius 1 is 0.571 bits per heavy atom. The second-order valence-corrected chi connectivity index (χ2v) is 11.3. The molecule has 9 rings (SSSR count). The van der Waals surface area contributed by atoms with E-state index >= 15 is 0 Å². The summed E-state index contributed by atoms with van der Waals surface area (Å²) in [7, 11) is 0. The third-order valence-corrected chi connectivity index (χ3v) is 8.98. The lowest BCUT2D eigenvalue weighted by Gasteiger charge is -2.31. The molecule has 2 aliphatic carbocycles. The summed E-state index contributed by atoms with van der Waals surface area (Å²) in [6, 6.07) is 43.4. The first-order chi connectivity index (χ1) is 20.8. The van der Waals surface area contributed by atoms with Gasteiger partial charge in [-0.05, 0) is 46.0 Å². The molecule has 0 radical (unpaired) electrons. The minimum absolute atomic E-state index is 0.377. The minimum Gasteiger partial charge on any atom is -0.438 e. The molecule has 2 aromatic heterocycles. The second kappa shape index (κ2) is 9.09. The summed E-state index contributed by atoms with van der Waals surface area (Å²) in [5.74, 6) is 0.782. The van der Waals surface area contributed by atoms with Gasteiger partial charge in [0, 0.05) is 33.9 Å². The number of hydrogen-bond donors (Lipinski definition) is 0. The van der Waals surface area contributed by atoms with Crippen LogP contribution in [0.4, 0.5) is 0 Å². The van der Waals surface area contributed by atoms with Crippen LogP contribution in [0, 0.1) is 5.92 Å². The molecule has 0 spiro atoms. The molecule has 2 nitrogen and oxygen atoms in total. The average Bonchev–Trinajstić information content (AvgIpc) is 3.60. The van der Waals surface area contributed by atoms with E-state index in [0.29, 0.717) is 11.8 Å². The van der Waals surface area contributed by atoms with Crippen molar-refractivity contribution in [2.24, 2.45) is 5.92 Å². The molecule has 2 heteroatoms. The topological polar surface area (TPSA) is 18.1 Å². The minimum atomic E-state index is 0.377. The van der Waals surface area contributed by atoms with Crippen molar-refractivity contribution in [1.29, 1.82) is 0 Å². The molecule has 0 fully saturated rings. The van der Waals surface area contributed by atoms with Gasteiger partial charge in [0.1, 0.15) is 5.58 Å². The van der Waals surface area contributed by atoms with Gasteiger partial charge < -0.3 is 4.42 Å². The van der Waals surface area contributed by atoms with E-state index in [9.17, 15) is 0 Å². The highest BCUT2D eigenvalue weighted by atomic mass is 16.3. The van der Waals surface area contributed by atoms with E-state index in [-0.39, 0.29) is 0 Å². The third kappa shape index (κ3) is 3.39. The Labute approximate surface area is 244 Å². The van der Waals surface area contributed by atoms with E-state index in [1.807, 2.05) is 0 Å². The van der Waals surface area contributed by atoms with E-state index in [2.05, 4.69) is 156 Å². The van der Waals surface area contributed by atoms with Crippen LogP contribution in [-0.4, -0.2) is 4.57 Å². The van der Waals surface area contributed by atoms with Gasteiger partial charge in [-0.1, -0.05) is 134 Å². The standard InChI is InChI=1S/C40H27NO/c1-2-11-26(12-3-1)31-18-10-19-35-38-34-17-8-9-20-37(34)41(40(38)42-39(31)35)29-23-21-27(22-24-29)36-25-28-13-4-5-14-30(28)32-15-6-7-16-33(32)36/h1-25,28,30H. The number of aromatic nitrogens is 1. The number of allylic oxidation sites excluding steroid dienone is 5. The van der Waals surface area contributed by atoms with Gasteiger partial charge >= 0.3 is 0 Å². The van der Waals surface area contributed by atoms with Gasteiger partial charge in [-0.3, -0.25) is 4.57 Å². The summed E-state index contributed by atoms with van der Waals surface area (Å²) in [4.78, 5) is 0. The number of hydrogen-bond acceptors (Lipinski definition) is 1. The summed E-state index contributed by atoms with van der Waals surface area (Å²) in [5.41, 5.74) is 11.6. The number of benzene rings is 5. The molecule has 0 N–H and O–H groups in total. The van der Waals surface area contributed by atoms with Gasteiger partial charge in [0.25, 0.3) is 0 Å². The highest BCUT2D eigenvalue weighted by Crippen LogP contribution is 2.45. The van der Waals surface area contributed by atoms with Gasteiger partial charge in [-0.25, -0.2) is 0 Å². The van der Waals surface area contributed by atoms with Gasteiger partial charge in [0.05, 0.1) is 10.9 Å². The summed E-state index contributed by atoms with van der Waals surface area (Å²) in [5, 5.41) is 3.51. The Hall–Kier alpha value is -5.34. The van der Waals surface area contributed by atoms with Crippen molar-refractivity contribution in [1.82, 2.24) is 4.57 Å². The van der Waals surface area contributed by atoms with Gasteiger partial charge in [-0.15, -0.1) is 0 Å². The fourth-order valence-electron chi connectivity index (χ4n) is 7.07. The van der Waals surface area contributed by atoms with Crippen LogP contribution in [0.3, 0.4) is 0 Å². The van der Waals surface area contributed by atoms with Crippen molar-refractivity contribution >= 4 is 38.5 Å². The summed E-state index contributed by atoms with van der Waals surface area (Å²) >= 11 is 0. The maximum atomic E-state index is 6.80. The van der Waals surface area contributed by atoms with E-state index in [4.69, 9.17) is 4.42 Å². The molecule has 0 aliphatic heterocycles. The molecular formula is C40H27NO. The lowest BCUT2D eigenvalue weighted by atomic mass is 9.73. The number of rotatable bonds is 3. The molecule has 5 aromatic carbocycles. The number of fused-ring (bicyclic) bond motifs is 8. The second-order valence-electron chi connectivity index (χ2n) is 11.3. The van der Waals surface area contributed by atoms with Crippen molar-refractivity contribution in [3.8, 4) is 16.8 Å². The predicted octanol–water partition coefficient (Wildman–Crippen LogP) is 10.5. The number of para-hydroxylation sites is 2. The monoisotopic (exact) mass is 537 g/mol. The highest BCUT2D eigenvalue weighted by Gasteiger charge is 2.28. The van der Waals surface area contributed by atoms with Crippen molar-refractivity contribution in [3.63, 3.8) is 0 Å². The average molecular weight is 538 g/mol. The zero-order valence-corrected chi connectivity index (χ0v) is 22.9. The number of nitrogens with zero attached hydrogens (tertiary/aromatic N) is 1. The maximum absolute atomic E-state index is 6.80. The molecule has 2 aliphatic rings. The van der Waals surface area contributed by atoms with Crippen LogP contribution in [-0.2, 0) is 0 Å². The van der Waals surface area contributed by atoms with Gasteiger partial charge in [0.15, 0.2) is 0 Å². The first-order valence-corrected chi connectivity index (χ1v) is 14.6. The van der Waals surface area contributed by atoms with Crippen LogP contribution in [0.15, 0.2) is 156 Å². The molecule has 0 saturated heterocycles. The smallest absolute Gasteiger partial charge is 0.213 e. The van der Waals surface area contributed by atoms with E-state index in [0.717, 1.165) is 44.4 Å². The van der Waals surface area contributed by atoms with E-state index in [1.165, 1.54) is 27.6 Å². The molecule has 0 saturated carbocycles. The van der Waals surface area contributed by atoms with E-state index in [1.54, 1.807) is 0 Å². The largest absolute Gasteiger partial charge is 0.438 e. The Morgan fingerprint density at radius 2 is 1.31 bits per heavy atom. The Balaban J connectivity index is 1.22. The molecular weight excluding hydrogens is 510 g/mol. The summed E-state index contributed by atoms with van der Waals surface area (Å²) in [6.07, 6.45) is 11.4. The Bertz CT molecular complexity index is 2240. The lowest BCUT2D eigenvalue weighted by molar-refractivity contribution is 0.646. The number of furan rings is 1. The van der Waals surface area contributed by atoms with Gasteiger partial charge in [-0.2, -0.15) is 0 Å². The fourth-order valence-corrected chi connectivity index (χ4v) is 7.07. The zero-order chi connectivity index (χ0) is 27.6. The van der Waals surface area contributed by atoms with E-state index < -0.39 is 0 Å². The molecule has 0 bridgehead atoms. The molecule has 7 aromatic rings. The Morgan fingerprint density at radius 3 is 2.21 bits per heavy atom. The lowest BCUT2D eigenvalue weighted by Crippen LogP contribution is -2.16. The van der Waals surface area contributed by atoms with Crippen molar-refractivity contribution in [2.45, 2.75) is 5.92 Å². The maximum Gasteiger partial charge on any atom is 0.213 e. The molecule has 2 unspecified atom stereocenters. The van der Waals surface area contributed by atoms with Crippen LogP contribution in [0.1, 0.15) is 22.6 Å². The van der Waals surface area contributed by atoms with Crippen molar-refractivity contribution in [2.75, 3.05) is 0 Å². The van der Waals surface area contributed by atoms with Crippen molar-refractivity contribution in [3.05, 3.63) is 168 Å². The first-order valence-electron chi connectivity index (χ1n) is 14.6. The molecule has 42 heavy (non-hydrogen) atoms. The SMILES string of the molecule is C1=CC2C=C(c3ccc(-n4c5ccccc5c5c6cccc(-c7ccccc7)c6oc54)cc3)c3ccccc3C2C=C1. The van der Waals surface area contributed by atoms with Crippen LogP contribution < -0.4 is 0 Å². The van der Waals surface area contributed by atoms with Crippen LogP contribution in [0.25, 0.3) is 55.4 Å². The molecule has 0 amide bonds. The summed E-state index contributed by atoms with van der Waals surface area (Å²) < 4.78 is 9.07. The normalized spacial score (nSPS) is 17.5. The summed E-state index contributed by atoms with van der Waals surface area (Å²) in [6.45, 7) is 0. The highest BCUT2D eigenvalue weighted by molar-refractivity contribution is 6.21. The fraction of sp³-hybridized carbons (Fsp3) is 0.0500. The van der Waals surface area contributed by atoms with Crippen LogP contribution in [0.5, 0.6) is 0 Å². The molecule has 198 valence electrons. The van der Waals surface area contributed by atoms with Crippen LogP contribution in [0.2, 0.25) is 0 Å². The quantitative estimate of drug-likeness (QED) is 0.219. The third-order valence-electron chi connectivity index (χ3n) is 8.98. The predicted molar refractivity (Wildman–Crippen MR) is 174 cm³/mol.